The number of thiophene rings is 1. The molecule has 0 fully saturated rings. The summed E-state index contributed by atoms with van der Waals surface area (Å²) >= 11 is 1.76. The Morgan fingerprint density at radius 3 is 2.86 bits per heavy atom. The predicted molar refractivity (Wildman–Crippen MR) is 60.3 cm³/mol. The molecule has 0 amide bonds. The van der Waals surface area contributed by atoms with E-state index in [0.717, 1.165) is 13.0 Å². The molecule has 2 nitrogen and oxygen atoms in total. The molecular weight excluding hydrogens is 192 g/mol. The first kappa shape index (κ1) is 9.49. The maximum absolute atomic E-state index is 5.54. The van der Waals surface area contributed by atoms with E-state index >= 15 is 0 Å². The van der Waals surface area contributed by atoms with Gasteiger partial charge in [-0.05, 0) is 40.4 Å². The lowest BCUT2D eigenvalue weighted by molar-refractivity contribution is 0.700. The average molecular weight is 206 g/mol. The number of hydrogen-bond donors (Lipinski definition) is 1. The summed E-state index contributed by atoms with van der Waals surface area (Å²) in [7, 11) is 0. The summed E-state index contributed by atoms with van der Waals surface area (Å²) in [5, 5.41) is 4.32. The quantitative estimate of drug-likeness (QED) is 0.817. The summed E-state index contributed by atoms with van der Waals surface area (Å²) in [6.45, 7) is 1.67. The number of nitrogens with two attached hydrogens (primary N) is 1. The third-order valence-corrected chi connectivity index (χ3v) is 3.02. The summed E-state index contributed by atoms with van der Waals surface area (Å²) in [6, 6.07) is 4.26. The third-order valence-electron chi connectivity index (χ3n) is 2.29. The SMILES string of the molecule is NCc1ccn(CCc2ccsc2)c1. The first-order valence-electron chi connectivity index (χ1n) is 4.74. The fraction of sp³-hybridized carbons (Fsp3) is 0.273. The molecule has 74 valence electrons. The third kappa shape index (κ3) is 2.25. The van der Waals surface area contributed by atoms with Crippen molar-refractivity contribution in [2.24, 2.45) is 5.73 Å². The van der Waals surface area contributed by atoms with Gasteiger partial charge in [-0.2, -0.15) is 11.3 Å². The van der Waals surface area contributed by atoms with Gasteiger partial charge in [0.05, 0.1) is 0 Å². The molecule has 0 aliphatic carbocycles. The molecule has 0 saturated heterocycles. The zero-order valence-electron chi connectivity index (χ0n) is 8.02. The molecule has 2 heterocycles. The van der Waals surface area contributed by atoms with Crippen LogP contribution in [-0.4, -0.2) is 4.57 Å². The van der Waals surface area contributed by atoms with Gasteiger partial charge in [-0.25, -0.2) is 0 Å². The molecule has 0 aromatic carbocycles. The van der Waals surface area contributed by atoms with Crippen LogP contribution in [0.3, 0.4) is 0 Å². The molecule has 3 heteroatoms. The minimum absolute atomic E-state index is 0.630. The van der Waals surface area contributed by atoms with Crippen LogP contribution in [0.5, 0.6) is 0 Å². The second-order valence-electron chi connectivity index (χ2n) is 3.34. The Bertz CT molecular complexity index is 376. The molecule has 0 spiro atoms. The molecule has 0 unspecified atom stereocenters. The minimum atomic E-state index is 0.630. The highest BCUT2D eigenvalue weighted by Crippen LogP contribution is 2.08. The second kappa shape index (κ2) is 4.44. The van der Waals surface area contributed by atoms with Gasteiger partial charge >= 0.3 is 0 Å². The molecule has 2 aromatic rings. The van der Waals surface area contributed by atoms with E-state index in [0.29, 0.717) is 6.54 Å². The lowest BCUT2D eigenvalue weighted by Crippen LogP contribution is -1.98. The van der Waals surface area contributed by atoms with Crippen molar-refractivity contribution < 1.29 is 0 Å². The molecule has 14 heavy (non-hydrogen) atoms. The van der Waals surface area contributed by atoms with Crippen LogP contribution in [-0.2, 0) is 19.5 Å². The van der Waals surface area contributed by atoms with Crippen molar-refractivity contribution in [1.82, 2.24) is 4.57 Å². The minimum Gasteiger partial charge on any atom is -0.354 e. The van der Waals surface area contributed by atoms with E-state index < -0.39 is 0 Å². The zero-order chi connectivity index (χ0) is 9.80. The lowest BCUT2D eigenvalue weighted by atomic mass is 10.2. The lowest BCUT2D eigenvalue weighted by Gasteiger charge is -2.00. The molecular formula is C11H14N2S. The zero-order valence-corrected chi connectivity index (χ0v) is 8.83. The summed E-state index contributed by atoms with van der Waals surface area (Å²) in [5.74, 6) is 0. The van der Waals surface area contributed by atoms with Crippen molar-refractivity contribution in [3.8, 4) is 0 Å². The second-order valence-corrected chi connectivity index (χ2v) is 4.12. The Morgan fingerprint density at radius 2 is 2.21 bits per heavy atom. The highest BCUT2D eigenvalue weighted by atomic mass is 32.1. The maximum atomic E-state index is 5.54. The number of rotatable bonds is 4. The normalized spacial score (nSPS) is 10.6. The fourth-order valence-electron chi connectivity index (χ4n) is 1.44. The molecule has 0 bridgehead atoms. The van der Waals surface area contributed by atoms with E-state index in [1.54, 1.807) is 11.3 Å². The van der Waals surface area contributed by atoms with Gasteiger partial charge in [0.25, 0.3) is 0 Å². The predicted octanol–water partition coefficient (Wildman–Crippen LogP) is 2.25. The summed E-state index contributed by atoms with van der Waals surface area (Å²) in [5.41, 5.74) is 8.16. The fourth-order valence-corrected chi connectivity index (χ4v) is 2.15. The van der Waals surface area contributed by atoms with Crippen LogP contribution in [0, 0.1) is 0 Å². The molecule has 2 rings (SSSR count). The number of hydrogen-bond acceptors (Lipinski definition) is 2. The van der Waals surface area contributed by atoms with Crippen molar-refractivity contribution in [3.63, 3.8) is 0 Å². The van der Waals surface area contributed by atoms with Crippen LogP contribution in [0.15, 0.2) is 35.3 Å². The Hall–Kier alpha value is -1.06. The number of nitrogens with zero attached hydrogens (tertiary/aromatic N) is 1. The van der Waals surface area contributed by atoms with E-state index in [1.807, 2.05) is 0 Å². The Morgan fingerprint density at radius 1 is 1.29 bits per heavy atom. The first-order chi connectivity index (χ1) is 6.88. The smallest absolute Gasteiger partial charge is 0.0260 e. The topological polar surface area (TPSA) is 30.9 Å². The Labute approximate surface area is 88.0 Å². The summed E-state index contributed by atoms with van der Waals surface area (Å²) in [6.07, 6.45) is 5.31. The van der Waals surface area contributed by atoms with Crippen molar-refractivity contribution in [3.05, 3.63) is 46.4 Å². The van der Waals surface area contributed by atoms with Crippen LogP contribution in [0.25, 0.3) is 0 Å². The van der Waals surface area contributed by atoms with E-state index in [1.165, 1.54) is 11.1 Å². The van der Waals surface area contributed by atoms with Crippen molar-refractivity contribution in [2.75, 3.05) is 0 Å². The van der Waals surface area contributed by atoms with E-state index in [9.17, 15) is 0 Å². The monoisotopic (exact) mass is 206 g/mol. The first-order valence-corrected chi connectivity index (χ1v) is 5.68. The van der Waals surface area contributed by atoms with Crippen LogP contribution in [0.4, 0.5) is 0 Å². The van der Waals surface area contributed by atoms with Crippen LogP contribution in [0.2, 0.25) is 0 Å². The highest BCUT2D eigenvalue weighted by Gasteiger charge is 1.96. The Balaban J connectivity index is 1.92. The van der Waals surface area contributed by atoms with Gasteiger partial charge in [-0.15, -0.1) is 0 Å². The molecule has 2 N–H and O–H groups in total. The summed E-state index contributed by atoms with van der Waals surface area (Å²) in [4.78, 5) is 0. The largest absolute Gasteiger partial charge is 0.354 e. The van der Waals surface area contributed by atoms with Crippen LogP contribution < -0.4 is 5.73 Å². The van der Waals surface area contributed by atoms with E-state index in [-0.39, 0.29) is 0 Å². The van der Waals surface area contributed by atoms with Crippen molar-refractivity contribution >= 4 is 11.3 Å². The molecule has 0 radical (unpaired) electrons. The van der Waals surface area contributed by atoms with Gasteiger partial charge in [-0.3, -0.25) is 0 Å². The van der Waals surface area contributed by atoms with Gasteiger partial charge in [0.2, 0.25) is 0 Å². The molecule has 0 aliphatic rings. The maximum Gasteiger partial charge on any atom is 0.0260 e. The van der Waals surface area contributed by atoms with Gasteiger partial charge in [0.15, 0.2) is 0 Å². The summed E-state index contributed by atoms with van der Waals surface area (Å²) < 4.78 is 2.19. The van der Waals surface area contributed by atoms with Gasteiger partial charge in [0.1, 0.15) is 0 Å². The number of aromatic nitrogens is 1. The van der Waals surface area contributed by atoms with Gasteiger partial charge in [0, 0.05) is 25.5 Å². The standard InChI is InChI=1S/C11H14N2S/c12-7-11-2-5-13(8-11)4-1-10-3-6-14-9-10/h2-3,5-6,8-9H,1,4,7,12H2. The number of aryl methyl sites for hydroxylation is 2. The van der Waals surface area contributed by atoms with Crippen LogP contribution >= 0.6 is 11.3 Å². The van der Waals surface area contributed by atoms with E-state index in [4.69, 9.17) is 5.73 Å². The molecule has 0 saturated carbocycles. The van der Waals surface area contributed by atoms with Crippen LogP contribution in [0.1, 0.15) is 11.1 Å². The van der Waals surface area contributed by atoms with Crippen molar-refractivity contribution in [1.29, 1.82) is 0 Å². The Kier molecular flexibility index (Phi) is 3.01. The molecule has 0 atom stereocenters. The van der Waals surface area contributed by atoms with E-state index in [2.05, 4.69) is 39.9 Å². The van der Waals surface area contributed by atoms with Gasteiger partial charge < -0.3 is 10.3 Å². The molecule has 0 aliphatic heterocycles. The molecule has 2 aromatic heterocycles. The highest BCUT2D eigenvalue weighted by molar-refractivity contribution is 7.07. The average Bonchev–Trinajstić information content (AvgIpc) is 2.86. The van der Waals surface area contributed by atoms with Crippen molar-refractivity contribution in [2.45, 2.75) is 19.5 Å². The van der Waals surface area contributed by atoms with Gasteiger partial charge in [-0.1, -0.05) is 0 Å².